The van der Waals surface area contributed by atoms with Gasteiger partial charge in [-0.1, -0.05) is 60.5 Å². The van der Waals surface area contributed by atoms with Crippen LogP contribution in [0.3, 0.4) is 0 Å². The van der Waals surface area contributed by atoms with E-state index in [2.05, 4.69) is 16.4 Å². The number of hydrogen-bond acceptors (Lipinski definition) is 2. The fraction of sp³-hybridized carbons (Fsp3) is 0.167. The number of aromatic nitrogens is 1. The number of carbonyl (C=O) groups is 1. The molecule has 0 bridgehead atoms. The fourth-order valence-electron chi connectivity index (χ4n) is 3.00. The van der Waals surface area contributed by atoms with E-state index in [0.717, 1.165) is 16.7 Å². The average Bonchev–Trinajstić information content (AvgIpc) is 2.70. The van der Waals surface area contributed by atoms with Gasteiger partial charge < -0.3 is 5.32 Å². The van der Waals surface area contributed by atoms with Crippen molar-refractivity contribution in [2.75, 3.05) is 0 Å². The van der Waals surface area contributed by atoms with Gasteiger partial charge in [0.05, 0.1) is 5.56 Å². The molecular formula is C24H21Cl2FN2O. The molecule has 0 aliphatic carbocycles. The van der Waals surface area contributed by atoms with Crippen molar-refractivity contribution in [3.8, 4) is 0 Å². The monoisotopic (exact) mass is 442 g/mol. The van der Waals surface area contributed by atoms with E-state index in [9.17, 15) is 9.18 Å². The summed E-state index contributed by atoms with van der Waals surface area (Å²) in [4.78, 5) is 16.3. The highest BCUT2D eigenvalue weighted by Gasteiger charge is 2.12. The van der Waals surface area contributed by atoms with Gasteiger partial charge in [-0.2, -0.15) is 0 Å². The van der Waals surface area contributed by atoms with Crippen molar-refractivity contribution in [2.24, 2.45) is 0 Å². The van der Waals surface area contributed by atoms with Gasteiger partial charge in [0.25, 0.3) is 5.91 Å². The number of halogens is 3. The van der Waals surface area contributed by atoms with Gasteiger partial charge in [-0.05, 0) is 65.4 Å². The van der Waals surface area contributed by atoms with Gasteiger partial charge >= 0.3 is 0 Å². The maximum atomic E-state index is 14.5. The van der Waals surface area contributed by atoms with Crippen molar-refractivity contribution >= 4 is 35.2 Å². The zero-order valence-electron chi connectivity index (χ0n) is 16.6. The van der Waals surface area contributed by atoms with Gasteiger partial charge in [0.2, 0.25) is 0 Å². The zero-order chi connectivity index (χ0) is 21.7. The molecule has 1 aromatic heterocycles. The van der Waals surface area contributed by atoms with Crippen LogP contribution >= 0.6 is 23.2 Å². The lowest BCUT2D eigenvalue weighted by atomic mass is 9.98. The predicted octanol–water partition coefficient (Wildman–Crippen LogP) is 6.58. The summed E-state index contributed by atoms with van der Waals surface area (Å²) < 4.78 is 14.5. The van der Waals surface area contributed by atoms with E-state index in [1.165, 1.54) is 12.1 Å². The Labute approximate surface area is 185 Å². The zero-order valence-corrected chi connectivity index (χ0v) is 18.1. The van der Waals surface area contributed by atoms with Crippen LogP contribution < -0.4 is 5.32 Å². The molecule has 6 heteroatoms. The Hall–Kier alpha value is -2.69. The molecule has 1 amide bonds. The molecule has 0 aliphatic rings. The average molecular weight is 443 g/mol. The van der Waals surface area contributed by atoms with Crippen molar-refractivity contribution < 1.29 is 9.18 Å². The highest BCUT2D eigenvalue weighted by Crippen LogP contribution is 2.23. The Kier molecular flexibility index (Phi) is 7.24. The number of aryl methyl sites for hydroxylation is 1. The number of benzene rings is 2. The Morgan fingerprint density at radius 3 is 2.63 bits per heavy atom. The third-order valence-electron chi connectivity index (χ3n) is 4.65. The molecule has 1 heterocycles. The summed E-state index contributed by atoms with van der Waals surface area (Å²) in [6.07, 6.45) is 5.38. The van der Waals surface area contributed by atoms with Crippen molar-refractivity contribution in [1.29, 1.82) is 0 Å². The molecule has 1 unspecified atom stereocenters. The van der Waals surface area contributed by atoms with Crippen LogP contribution in [-0.4, -0.2) is 10.9 Å². The van der Waals surface area contributed by atoms with Crippen LogP contribution in [0.25, 0.3) is 6.08 Å². The molecule has 30 heavy (non-hydrogen) atoms. The molecule has 0 radical (unpaired) electrons. The molecule has 0 spiro atoms. The molecule has 3 nitrogen and oxygen atoms in total. The van der Waals surface area contributed by atoms with E-state index in [-0.39, 0.29) is 18.0 Å². The molecule has 0 saturated carbocycles. The van der Waals surface area contributed by atoms with E-state index >= 15 is 0 Å². The summed E-state index contributed by atoms with van der Waals surface area (Å²) in [6, 6.07) is 13.8. The minimum absolute atomic E-state index is 0.00686. The molecule has 0 aliphatic heterocycles. The van der Waals surface area contributed by atoms with Crippen LogP contribution in [0.1, 0.15) is 45.5 Å². The first-order chi connectivity index (χ1) is 14.3. The lowest BCUT2D eigenvalue weighted by Crippen LogP contribution is -2.23. The summed E-state index contributed by atoms with van der Waals surface area (Å²) in [5.41, 5.74) is 3.63. The van der Waals surface area contributed by atoms with Crippen molar-refractivity contribution in [2.45, 2.75) is 26.3 Å². The predicted molar refractivity (Wildman–Crippen MR) is 120 cm³/mol. The van der Waals surface area contributed by atoms with Crippen molar-refractivity contribution in [3.63, 3.8) is 0 Å². The second-order valence-corrected chi connectivity index (χ2v) is 7.94. The van der Waals surface area contributed by atoms with Gasteiger partial charge in [-0.3, -0.25) is 4.79 Å². The van der Waals surface area contributed by atoms with Gasteiger partial charge in [0, 0.05) is 17.8 Å². The summed E-state index contributed by atoms with van der Waals surface area (Å²) >= 11 is 11.9. The van der Waals surface area contributed by atoms with Crippen molar-refractivity contribution in [1.82, 2.24) is 10.3 Å². The quantitative estimate of drug-likeness (QED) is 0.437. The van der Waals surface area contributed by atoms with Gasteiger partial charge in [-0.25, -0.2) is 9.37 Å². The molecule has 3 rings (SSSR count). The molecule has 2 aromatic carbocycles. The fourth-order valence-corrected chi connectivity index (χ4v) is 3.41. The lowest BCUT2D eigenvalue weighted by molar-refractivity contribution is 0.0947. The molecule has 1 N–H and O–H groups in total. The molecule has 3 aromatic rings. The minimum atomic E-state index is -0.574. The van der Waals surface area contributed by atoms with Crippen LogP contribution in [-0.2, 0) is 6.54 Å². The number of amides is 1. The first-order valence-corrected chi connectivity index (χ1v) is 10.2. The van der Waals surface area contributed by atoms with Crippen LogP contribution in [0.4, 0.5) is 4.39 Å². The van der Waals surface area contributed by atoms with Crippen LogP contribution in [0, 0.1) is 12.7 Å². The summed E-state index contributed by atoms with van der Waals surface area (Å²) in [7, 11) is 0. The molecule has 0 saturated heterocycles. The van der Waals surface area contributed by atoms with E-state index in [1.54, 1.807) is 24.4 Å². The summed E-state index contributed by atoms with van der Waals surface area (Å²) in [6.45, 7) is 4.28. The maximum absolute atomic E-state index is 14.5. The van der Waals surface area contributed by atoms with E-state index in [4.69, 9.17) is 23.2 Å². The SMILES string of the molecule is Cc1cc(Cl)cc(C(C)/C=C/c2ccc(C(=O)NCc3ccc(Cl)nc3)c(F)c2)c1. The number of pyridine rings is 1. The standard InChI is InChI=1S/C24H21Cl2FN2O/c1-15-9-19(12-20(25)10-15)16(2)3-4-17-5-7-21(22(27)11-17)24(30)29-14-18-6-8-23(26)28-13-18/h3-13,16H,14H2,1-2H3,(H,29,30)/b4-3+. The number of nitrogens with one attached hydrogen (secondary N) is 1. The van der Waals surface area contributed by atoms with Crippen LogP contribution in [0.2, 0.25) is 10.2 Å². The Bertz CT molecular complexity index is 1060. The molecular weight excluding hydrogens is 422 g/mol. The topological polar surface area (TPSA) is 42.0 Å². The van der Waals surface area contributed by atoms with Gasteiger partial charge in [0.1, 0.15) is 11.0 Å². The second kappa shape index (κ2) is 9.88. The van der Waals surface area contributed by atoms with Gasteiger partial charge in [0.15, 0.2) is 0 Å². The summed E-state index contributed by atoms with van der Waals surface area (Å²) in [5, 5.41) is 3.75. The van der Waals surface area contributed by atoms with E-state index < -0.39 is 11.7 Å². The third-order valence-corrected chi connectivity index (χ3v) is 5.09. The Morgan fingerprint density at radius 2 is 1.97 bits per heavy atom. The van der Waals surface area contributed by atoms with Crippen LogP contribution in [0.15, 0.2) is 60.8 Å². The Morgan fingerprint density at radius 1 is 1.17 bits per heavy atom. The largest absolute Gasteiger partial charge is 0.348 e. The highest BCUT2D eigenvalue weighted by atomic mass is 35.5. The smallest absolute Gasteiger partial charge is 0.254 e. The van der Waals surface area contributed by atoms with E-state index in [1.807, 2.05) is 38.1 Å². The number of rotatable bonds is 6. The first-order valence-electron chi connectivity index (χ1n) is 9.45. The Balaban J connectivity index is 1.66. The minimum Gasteiger partial charge on any atom is -0.348 e. The number of allylic oxidation sites excluding steroid dienone is 1. The highest BCUT2D eigenvalue weighted by molar-refractivity contribution is 6.30. The molecule has 1 atom stereocenters. The van der Waals surface area contributed by atoms with Crippen molar-refractivity contribution in [3.05, 3.63) is 105 Å². The molecule has 0 fully saturated rings. The second-order valence-electron chi connectivity index (χ2n) is 7.12. The number of nitrogens with zero attached hydrogens (tertiary/aromatic N) is 1. The first kappa shape index (κ1) is 22.0. The molecule has 154 valence electrons. The number of carbonyl (C=O) groups excluding carboxylic acids is 1. The van der Waals surface area contributed by atoms with Crippen LogP contribution in [0.5, 0.6) is 0 Å². The normalized spacial score (nSPS) is 12.2. The summed E-state index contributed by atoms with van der Waals surface area (Å²) in [5.74, 6) is -0.947. The van der Waals surface area contributed by atoms with Gasteiger partial charge in [-0.15, -0.1) is 0 Å². The third kappa shape index (κ3) is 5.91. The van der Waals surface area contributed by atoms with E-state index in [0.29, 0.717) is 15.7 Å². The lowest BCUT2D eigenvalue weighted by Gasteiger charge is -2.09. The number of hydrogen-bond donors (Lipinski definition) is 1. The maximum Gasteiger partial charge on any atom is 0.254 e.